The first-order valence-corrected chi connectivity index (χ1v) is 10.3. The van der Waals surface area contributed by atoms with E-state index in [1.54, 1.807) is 6.20 Å². The van der Waals surface area contributed by atoms with Crippen LogP contribution in [0.5, 0.6) is 0 Å². The van der Waals surface area contributed by atoms with Gasteiger partial charge in [0.15, 0.2) is 0 Å². The number of rotatable bonds is 7. The van der Waals surface area contributed by atoms with Crippen LogP contribution in [0.4, 0.5) is 0 Å². The number of benzene rings is 1. The Kier molecular flexibility index (Phi) is 6.83. The van der Waals surface area contributed by atoms with E-state index in [1.165, 1.54) is 63.4 Å². The number of pyridine rings is 1. The molecule has 1 fully saturated rings. The summed E-state index contributed by atoms with van der Waals surface area (Å²) in [5, 5.41) is 8.88. The lowest BCUT2D eigenvalue weighted by molar-refractivity contribution is 0.302. The van der Waals surface area contributed by atoms with Crippen LogP contribution in [0.2, 0.25) is 0 Å². The summed E-state index contributed by atoms with van der Waals surface area (Å²) in [5.41, 5.74) is 4.15. The summed E-state index contributed by atoms with van der Waals surface area (Å²) in [6.45, 7) is 2.29. The molecule has 0 bridgehead atoms. The molecule has 1 aliphatic rings. The van der Waals surface area contributed by atoms with Gasteiger partial charge in [0.05, 0.1) is 11.3 Å². The minimum Gasteiger partial charge on any atom is -0.255 e. The zero-order chi connectivity index (χ0) is 18.2. The van der Waals surface area contributed by atoms with E-state index in [1.807, 2.05) is 12.1 Å². The number of nitrogens with zero attached hydrogens (tertiary/aromatic N) is 2. The van der Waals surface area contributed by atoms with Crippen molar-refractivity contribution in [2.75, 3.05) is 0 Å². The molecule has 1 aromatic heterocycles. The molecule has 2 nitrogen and oxygen atoms in total. The standard InChI is InChI=1S/C24H30N2/c1-2-3-4-5-6-19-7-10-21(11-8-19)22-12-14-23(15-13-22)24-16-9-20(17-25)18-26-24/h9,12-16,18-19,21H,2-8,10-11H2,1H3. The zero-order valence-corrected chi connectivity index (χ0v) is 16.0. The van der Waals surface area contributed by atoms with Crippen molar-refractivity contribution in [1.29, 1.82) is 5.26 Å². The topological polar surface area (TPSA) is 36.7 Å². The second kappa shape index (κ2) is 9.53. The average Bonchev–Trinajstić information content (AvgIpc) is 2.72. The summed E-state index contributed by atoms with van der Waals surface area (Å²) >= 11 is 0. The van der Waals surface area contributed by atoms with Crippen molar-refractivity contribution in [3.05, 3.63) is 53.7 Å². The Morgan fingerprint density at radius 1 is 0.962 bits per heavy atom. The summed E-state index contributed by atoms with van der Waals surface area (Å²) in [6.07, 6.45) is 14.1. The predicted molar refractivity (Wildman–Crippen MR) is 108 cm³/mol. The molecule has 0 radical (unpaired) electrons. The smallest absolute Gasteiger partial charge is 0.101 e. The summed E-state index contributed by atoms with van der Waals surface area (Å²) in [6, 6.07) is 14.8. The van der Waals surface area contributed by atoms with Crippen molar-refractivity contribution >= 4 is 0 Å². The van der Waals surface area contributed by atoms with Crippen LogP contribution in [0.15, 0.2) is 42.6 Å². The van der Waals surface area contributed by atoms with Crippen LogP contribution in [0.3, 0.4) is 0 Å². The van der Waals surface area contributed by atoms with E-state index >= 15 is 0 Å². The normalized spacial score (nSPS) is 19.8. The van der Waals surface area contributed by atoms with Gasteiger partial charge in [0.2, 0.25) is 0 Å². The van der Waals surface area contributed by atoms with E-state index in [9.17, 15) is 0 Å². The third kappa shape index (κ3) is 4.94. The molecule has 0 unspecified atom stereocenters. The Bertz CT molecular complexity index is 701. The SMILES string of the molecule is CCCCCCC1CCC(c2ccc(-c3ccc(C#N)cn3)cc2)CC1. The molecular formula is C24H30N2. The molecule has 3 rings (SSSR count). The summed E-state index contributed by atoms with van der Waals surface area (Å²) in [4.78, 5) is 4.39. The lowest BCUT2D eigenvalue weighted by Gasteiger charge is -2.29. The predicted octanol–water partition coefficient (Wildman–Crippen LogP) is 6.86. The van der Waals surface area contributed by atoms with E-state index < -0.39 is 0 Å². The Morgan fingerprint density at radius 3 is 2.35 bits per heavy atom. The summed E-state index contributed by atoms with van der Waals surface area (Å²) in [5.74, 6) is 1.69. The van der Waals surface area contributed by atoms with Crippen LogP contribution in [0.1, 0.15) is 81.8 Å². The first kappa shape index (κ1) is 18.6. The zero-order valence-electron chi connectivity index (χ0n) is 16.0. The minimum atomic E-state index is 0.608. The summed E-state index contributed by atoms with van der Waals surface area (Å²) in [7, 11) is 0. The molecule has 2 heteroatoms. The summed E-state index contributed by atoms with van der Waals surface area (Å²) < 4.78 is 0. The van der Waals surface area contributed by atoms with E-state index in [4.69, 9.17) is 5.26 Å². The Hall–Kier alpha value is -2.14. The second-order valence-corrected chi connectivity index (χ2v) is 7.73. The quantitative estimate of drug-likeness (QED) is 0.513. The average molecular weight is 347 g/mol. The maximum atomic E-state index is 8.88. The third-order valence-electron chi connectivity index (χ3n) is 5.88. The Labute approximate surface area is 158 Å². The molecule has 0 spiro atoms. The van der Waals surface area contributed by atoms with Gasteiger partial charge in [-0.1, -0.05) is 63.3 Å². The van der Waals surface area contributed by atoms with Gasteiger partial charge in [0.25, 0.3) is 0 Å². The molecule has 26 heavy (non-hydrogen) atoms. The largest absolute Gasteiger partial charge is 0.255 e. The second-order valence-electron chi connectivity index (χ2n) is 7.73. The highest BCUT2D eigenvalue weighted by Crippen LogP contribution is 2.38. The molecular weight excluding hydrogens is 316 g/mol. The molecule has 1 aliphatic carbocycles. The minimum absolute atomic E-state index is 0.608. The molecule has 136 valence electrons. The van der Waals surface area contributed by atoms with Gasteiger partial charge in [-0.3, -0.25) is 4.98 Å². The van der Waals surface area contributed by atoms with Crippen LogP contribution >= 0.6 is 0 Å². The molecule has 1 heterocycles. The lowest BCUT2D eigenvalue weighted by Crippen LogP contribution is -2.13. The van der Waals surface area contributed by atoms with E-state index in [0.717, 1.165) is 23.1 Å². The molecule has 0 N–H and O–H groups in total. The molecule has 0 atom stereocenters. The van der Waals surface area contributed by atoms with Crippen LogP contribution < -0.4 is 0 Å². The van der Waals surface area contributed by atoms with Gasteiger partial charge in [-0.2, -0.15) is 5.26 Å². The van der Waals surface area contributed by atoms with Crippen molar-refractivity contribution < 1.29 is 0 Å². The lowest BCUT2D eigenvalue weighted by atomic mass is 9.77. The maximum absolute atomic E-state index is 8.88. The van der Waals surface area contributed by atoms with Crippen LogP contribution in [0.25, 0.3) is 11.3 Å². The molecule has 1 saturated carbocycles. The van der Waals surface area contributed by atoms with Crippen molar-refractivity contribution in [1.82, 2.24) is 4.98 Å². The fourth-order valence-corrected chi connectivity index (χ4v) is 4.20. The fraction of sp³-hybridized carbons (Fsp3) is 0.500. The van der Waals surface area contributed by atoms with Crippen molar-refractivity contribution in [2.24, 2.45) is 5.92 Å². The van der Waals surface area contributed by atoms with Crippen LogP contribution in [-0.4, -0.2) is 4.98 Å². The van der Waals surface area contributed by atoms with Gasteiger partial charge in [0.1, 0.15) is 6.07 Å². The Morgan fingerprint density at radius 2 is 1.73 bits per heavy atom. The van der Waals surface area contributed by atoms with Crippen LogP contribution in [0, 0.1) is 17.2 Å². The molecule has 2 aromatic rings. The number of hydrogen-bond donors (Lipinski definition) is 0. The number of nitriles is 1. The Balaban J connectivity index is 1.52. The number of aromatic nitrogens is 1. The highest BCUT2D eigenvalue weighted by molar-refractivity contribution is 5.60. The van der Waals surface area contributed by atoms with Gasteiger partial charge in [-0.15, -0.1) is 0 Å². The van der Waals surface area contributed by atoms with Crippen molar-refractivity contribution in [3.63, 3.8) is 0 Å². The maximum Gasteiger partial charge on any atom is 0.101 e. The van der Waals surface area contributed by atoms with E-state index in [0.29, 0.717) is 5.56 Å². The van der Waals surface area contributed by atoms with Crippen molar-refractivity contribution in [2.45, 2.75) is 70.6 Å². The number of unbranched alkanes of at least 4 members (excludes halogenated alkanes) is 3. The highest BCUT2D eigenvalue weighted by Gasteiger charge is 2.22. The van der Waals surface area contributed by atoms with Gasteiger partial charge in [0, 0.05) is 11.8 Å². The molecule has 0 saturated heterocycles. The monoisotopic (exact) mass is 346 g/mol. The third-order valence-corrected chi connectivity index (χ3v) is 5.88. The molecule has 0 aliphatic heterocycles. The van der Waals surface area contributed by atoms with Crippen molar-refractivity contribution in [3.8, 4) is 17.3 Å². The fourth-order valence-electron chi connectivity index (χ4n) is 4.20. The van der Waals surface area contributed by atoms with Gasteiger partial charge >= 0.3 is 0 Å². The molecule has 1 aromatic carbocycles. The van der Waals surface area contributed by atoms with Gasteiger partial charge in [-0.05, 0) is 55.2 Å². The first-order chi connectivity index (χ1) is 12.8. The first-order valence-electron chi connectivity index (χ1n) is 10.3. The van der Waals surface area contributed by atoms with Gasteiger partial charge < -0.3 is 0 Å². The number of hydrogen-bond acceptors (Lipinski definition) is 2. The van der Waals surface area contributed by atoms with E-state index in [2.05, 4.69) is 42.2 Å². The molecule has 0 amide bonds. The van der Waals surface area contributed by atoms with Gasteiger partial charge in [-0.25, -0.2) is 0 Å². The highest BCUT2D eigenvalue weighted by atomic mass is 14.7. The van der Waals surface area contributed by atoms with Crippen LogP contribution in [-0.2, 0) is 0 Å². The van der Waals surface area contributed by atoms with E-state index in [-0.39, 0.29) is 0 Å².